The van der Waals surface area contributed by atoms with Crippen LogP contribution in [0.4, 0.5) is 0 Å². The van der Waals surface area contributed by atoms with E-state index in [2.05, 4.69) is 16.6 Å². The molecule has 0 aromatic carbocycles. The first-order valence-corrected chi connectivity index (χ1v) is 6.42. The Balaban J connectivity index is 2.26. The molecule has 2 aliphatic rings. The van der Waals surface area contributed by atoms with Crippen molar-refractivity contribution in [2.45, 2.75) is 56.8 Å². The monoisotopic (exact) mass is 266 g/mol. The van der Waals surface area contributed by atoms with Gasteiger partial charge in [-0.2, -0.15) is 0 Å². The van der Waals surface area contributed by atoms with Gasteiger partial charge < -0.3 is 14.2 Å². The lowest BCUT2D eigenvalue weighted by molar-refractivity contribution is -0.156. The minimum Gasteiger partial charge on any atom is -0.459 e. The minimum atomic E-state index is -1.10. The zero-order valence-corrected chi connectivity index (χ0v) is 11.4. The maximum Gasteiger partial charge on any atom is 0.384 e. The molecule has 2 rings (SSSR count). The maximum absolute atomic E-state index is 11.3. The van der Waals surface area contributed by atoms with Crippen LogP contribution in [0, 0.1) is 11.8 Å². The van der Waals surface area contributed by atoms with E-state index in [1.54, 1.807) is 6.92 Å². The van der Waals surface area contributed by atoms with Crippen molar-refractivity contribution in [3.05, 3.63) is 0 Å². The normalized spacial score (nSPS) is 31.0. The molecule has 1 saturated heterocycles. The fraction of sp³-hybridized carbons (Fsp3) is 0.714. The van der Waals surface area contributed by atoms with Gasteiger partial charge in [0.25, 0.3) is 0 Å². The van der Waals surface area contributed by atoms with E-state index >= 15 is 0 Å². The number of methoxy groups -OCH3 is 1. The topological polar surface area (TPSA) is 65.1 Å². The smallest absolute Gasteiger partial charge is 0.384 e. The van der Waals surface area contributed by atoms with Gasteiger partial charge in [0, 0.05) is 12.8 Å². The number of rotatable bonds is 2. The summed E-state index contributed by atoms with van der Waals surface area (Å²) < 4.78 is 15.6. The third kappa shape index (κ3) is 2.45. The van der Waals surface area contributed by atoms with Gasteiger partial charge in [0.05, 0.1) is 13.2 Å². The molecule has 1 saturated carbocycles. The Morgan fingerprint density at radius 3 is 2.74 bits per heavy atom. The van der Waals surface area contributed by atoms with Crippen molar-refractivity contribution in [1.29, 1.82) is 0 Å². The van der Waals surface area contributed by atoms with Crippen LogP contribution in [0.15, 0.2) is 0 Å². The second kappa shape index (κ2) is 4.86. The molecule has 0 radical (unpaired) electrons. The largest absolute Gasteiger partial charge is 0.459 e. The van der Waals surface area contributed by atoms with Crippen LogP contribution in [0.25, 0.3) is 0 Å². The number of epoxide rings is 1. The summed E-state index contributed by atoms with van der Waals surface area (Å²) in [4.78, 5) is 22.5. The van der Waals surface area contributed by atoms with Gasteiger partial charge in [0.15, 0.2) is 0 Å². The Morgan fingerprint density at radius 2 is 2.16 bits per heavy atom. The van der Waals surface area contributed by atoms with E-state index in [0.29, 0.717) is 0 Å². The van der Waals surface area contributed by atoms with Crippen LogP contribution in [0.5, 0.6) is 0 Å². The van der Waals surface area contributed by atoms with E-state index < -0.39 is 23.1 Å². The van der Waals surface area contributed by atoms with E-state index in [1.807, 2.05) is 0 Å². The number of ether oxygens (including phenoxy) is 3. The predicted octanol–water partition coefficient (Wildman–Crippen LogP) is 1.20. The zero-order valence-electron chi connectivity index (χ0n) is 11.4. The van der Waals surface area contributed by atoms with E-state index in [0.717, 1.165) is 25.7 Å². The van der Waals surface area contributed by atoms with Crippen molar-refractivity contribution in [3.8, 4) is 11.8 Å². The first kappa shape index (κ1) is 13.9. The molecule has 0 N–H and O–H groups in total. The van der Waals surface area contributed by atoms with Crippen LogP contribution in [0.2, 0.25) is 0 Å². The molecule has 0 aromatic rings. The number of carbonyl (C=O) groups excluding carboxylic acids is 2. The highest BCUT2D eigenvalue weighted by Crippen LogP contribution is 2.55. The third-order valence-electron chi connectivity index (χ3n) is 3.82. The van der Waals surface area contributed by atoms with Gasteiger partial charge in [-0.1, -0.05) is 12.8 Å². The lowest BCUT2D eigenvalue weighted by atomic mass is 9.77. The Labute approximate surface area is 112 Å². The van der Waals surface area contributed by atoms with Crippen molar-refractivity contribution in [3.63, 3.8) is 0 Å². The summed E-state index contributed by atoms with van der Waals surface area (Å²) in [5.74, 6) is 4.01. The molecule has 19 heavy (non-hydrogen) atoms. The summed E-state index contributed by atoms with van der Waals surface area (Å²) in [5.41, 5.74) is -1.66. The lowest BCUT2D eigenvalue weighted by Crippen LogP contribution is -2.48. The van der Waals surface area contributed by atoms with Gasteiger partial charge in [-0.15, -0.1) is 0 Å². The number of hydrogen-bond donors (Lipinski definition) is 0. The molecule has 0 spiro atoms. The number of esters is 2. The highest BCUT2D eigenvalue weighted by molar-refractivity contribution is 5.88. The standard InChI is InChI=1S/C14H18O5/c1-10(15)18-13(2,9-7-12(16)17-3)14-8-5-4-6-11(14)19-14/h11H,4-6,8H2,1-3H3/t11-,13-,14+/m0/s1. The summed E-state index contributed by atoms with van der Waals surface area (Å²) in [7, 11) is 1.26. The summed E-state index contributed by atoms with van der Waals surface area (Å²) in [6, 6.07) is 0. The first-order chi connectivity index (χ1) is 8.93. The summed E-state index contributed by atoms with van der Waals surface area (Å²) in [6.07, 6.45) is 3.91. The molecular formula is C14H18O5. The average Bonchev–Trinajstić information content (AvgIpc) is 3.11. The number of hydrogen-bond acceptors (Lipinski definition) is 5. The molecule has 0 unspecified atom stereocenters. The van der Waals surface area contributed by atoms with Gasteiger partial charge in [-0.25, -0.2) is 4.79 Å². The van der Waals surface area contributed by atoms with Crippen molar-refractivity contribution < 1.29 is 23.8 Å². The molecule has 3 atom stereocenters. The molecule has 0 bridgehead atoms. The lowest BCUT2D eigenvalue weighted by Gasteiger charge is -2.32. The minimum absolute atomic E-state index is 0.0672. The number of fused-ring (bicyclic) bond motifs is 1. The molecule has 0 amide bonds. The van der Waals surface area contributed by atoms with Gasteiger partial charge in [-0.3, -0.25) is 4.79 Å². The Bertz CT molecular complexity index is 460. The van der Waals surface area contributed by atoms with Crippen LogP contribution in [-0.2, 0) is 23.8 Å². The molecule has 104 valence electrons. The Kier molecular flexibility index (Phi) is 3.55. The zero-order chi connectivity index (χ0) is 14.1. The Hall–Kier alpha value is -1.54. The van der Waals surface area contributed by atoms with Crippen molar-refractivity contribution in [2.75, 3.05) is 7.11 Å². The van der Waals surface area contributed by atoms with Gasteiger partial charge in [0.2, 0.25) is 5.60 Å². The predicted molar refractivity (Wildman–Crippen MR) is 66.0 cm³/mol. The van der Waals surface area contributed by atoms with E-state index in [1.165, 1.54) is 14.0 Å². The molecule has 0 aromatic heterocycles. The van der Waals surface area contributed by atoms with Gasteiger partial charge in [0.1, 0.15) is 5.60 Å². The maximum atomic E-state index is 11.3. The molecule has 5 nitrogen and oxygen atoms in total. The van der Waals surface area contributed by atoms with E-state index in [4.69, 9.17) is 9.47 Å². The summed E-state index contributed by atoms with van der Waals surface area (Å²) >= 11 is 0. The molecule has 5 heteroatoms. The van der Waals surface area contributed by atoms with Crippen LogP contribution in [0.3, 0.4) is 0 Å². The van der Waals surface area contributed by atoms with Crippen LogP contribution >= 0.6 is 0 Å². The van der Waals surface area contributed by atoms with Crippen molar-refractivity contribution in [1.82, 2.24) is 0 Å². The number of carbonyl (C=O) groups is 2. The molecule has 1 heterocycles. The van der Waals surface area contributed by atoms with E-state index in [9.17, 15) is 9.59 Å². The van der Waals surface area contributed by atoms with Crippen LogP contribution in [0.1, 0.15) is 39.5 Å². The fourth-order valence-corrected chi connectivity index (χ4v) is 2.83. The average molecular weight is 266 g/mol. The van der Waals surface area contributed by atoms with Crippen LogP contribution < -0.4 is 0 Å². The van der Waals surface area contributed by atoms with Crippen molar-refractivity contribution in [2.24, 2.45) is 0 Å². The molecule has 2 fully saturated rings. The molecule has 1 aliphatic carbocycles. The fourth-order valence-electron chi connectivity index (χ4n) is 2.83. The highest BCUT2D eigenvalue weighted by Gasteiger charge is 2.69. The SMILES string of the molecule is COC(=O)C#C[C@](C)(OC(C)=O)[C@@]12CCCC[C@@H]1O2. The first-order valence-electron chi connectivity index (χ1n) is 6.42. The second-order valence-electron chi connectivity index (χ2n) is 5.11. The quantitative estimate of drug-likeness (QED) is 0.325. The second-order valence-corrected chi connectivity index (χ2v) is 5.11. The Morgan fingerprint density at radius 1 is 1.42 bits per heavy atom. The highest BCUT2D eigenvalue weighted by atomic mass is 16.7. The summed E-state index contributed by atoms with van der Waals surface area (Å²) in [6.45, 7) is 3.03. The molecule has 1 aliphatic heterocycles. The van der Waals surface area contributed by atoms with Gasteiger partial charge >= 0.3 is 11.9 Å². The summed E-state index contributed by atoms with van der Waals surface area (Å²) in [5, 5.41) is 0. The molecular weight excluding hydrogens is 248 g/mol. The van der Waals surface area contributed by atoms with Gasteiger partial charge in [-0.05, 0) is 25.7 Å². The van der Waals surface area contributed by atoms with Crippen LogP contribution in [-0.4, -0.2) is 36.4 Å². The van der Waals surface area contributed by atoms with E-state index in [-0.39, 0.29) is 6.10 Å². The third-order valence-corrected chi connectivity index (χ3v) is 3.82. The van der Waals surface area contributed by atoms with Crippen molar-refractivity contribution >= 4 is 11.9 Å².